The van der Waals surface area contributed by atoms with E-state index in [9.17, 15) is 39.3 Å². The van der Waals surface area contributed by atoms with E-state index in [1.807, 2.05) is 0 Å². The van der Waals surface area contributed by atoms with Crippen LogP contribution in [0.4, 0.5) is 0 Å². The molecule has 1 aromatic carbocycles. The number of aromatic hydroxyl groups is 1. The first-order valence-corrected chi connectivity index (χ1v) is 10.9. The second-order valence-electron chi connectivity index (χ2n) is 8.36. The van der Waals surface area contributed by atoms with E-state index in [0.29, 0.717) is 5.56 Å². The van der Waals surface area contributed by atoms with Crippen molar-refractivity contribution in [3.05, 3.63) is 29.8 Å². The van der Waals surface area contributed by atoms with Gasteiger partial charge in [-0.25, -0.2) is 4.79 Å². The molecule has 0 aliphatic heterocycles. The van der Waals surface area contributed by atoms with Gasteiger partial charge in [0, 0.05) is 12.8 Å². The van der Waals surface area contributed by atoms with Gasteiger partial charge in [-0.15, -0.1) is 0 Å². The zero-order chi connectivity index (χ0) is 26.7. The standard InChI is InChI=1S/C22H33N5O8/c1-11(2)18(22(34)35)27-20(32)15(9-12-3-5-13(29)6-4-12)25-21(33)16(10-28)26-19(31)14(23)7-8-17(24)30/h3-6,11,14-16,18,28-29H,7-10,23H2,1-2H3,(H2,24,30)(H,25,33)(H,26,31)(H,27,32)(H,34,35). The Morgan fingerprint density at radius 2 is 1.46 bits per heavy atom. The second kappa shape index (κ2) is 13.9. The fraction of sp³-hybridized carbons (Fsp3) is 0.500. The monoisotopic (exact) mass is 495 g/mol. The van der Waals surface area contributed by atoms with Crippen molar-refractivity contribution in [3.63, 3.8) is 0 Å². The van der Waals surface area contributed by atoms with Crippen molar-refractivity contribution in [2.45, 2.75) is 57.3 Å². The van der Waals surface area contributed by atoms with E-state index in [-0.39, 0.29) is 25.0 Å². The molecule has 0 radical (unpaired) electrons. The van der Waals surface area contributed by atoms with Crippen LogP contribution in [-0.2, 0) is 30.4 Å². The molecule has 1 rings (SSSR count). The van der Waals surface area contributed by atoms with Crippen molar-refractivity contribution >= 4 is 29.6 Å². The van der Waals surface area contributed by atoms with E-state index in [2.05, 4.69) is 16.0 Å². The molecule has 0 spiro atoms. The molecule has 13 nitrogen and oxygen atoms in total. The van der Waals surface area contributed by atoms with Crippen LogP contribution in [0, 0.1) is 5.92 Å². The predicted molar refractivity (Wildman–Crippen MR) is 124 cm³/mol. The van der Waals surface area contributed by atoms with E-state index in [4.69, 9.17) is 11.5 Å². The third-order valence-electron chi connectivity index (χ3n) is 5.09. The summed E-state index contributed by atoms with van der Waals surface area (Å²) in [4.78, 5) is 60.3. The first-order valence-electron chi connectivity index (χ1n) is 10.9. The maximum atomic E-state index is 12.9. The highest BCUT2D eigenvalue weighted by atomic mass is 16.4. The molecule has 0 saturated heterocycles. The number of hydrogen-bond donors (Lipinski definition) is 8. The smallest absolute Gasteiger partial charge is 0.326 e. The van der Waals surface area contributed by atoms with Gasteiger partial charge in [0.05, 0.1) is 12.6 Å². The lowest BCUT2D eigenvalue weighted by Crippen LogP contribution is -2.59. The van der Waals surface area contributed by atoms with Crippen molar-refractivity contribution in [1.29, 1.82) is 0 Å². The minimum Gasteiger partial charge on any atom is -0.508 e. The zero-order valence-electron chi connectivity index (χ0n) is 19.6. The Bertz CT molecular complexity index is 906. The van der Waals surface area contributed by atoms with Gasteiger partial charge in [0.1, 0.15) is 23.9 Å². The summed E-state index contributed by atoms with van der Waals surface area (Å²) in [6.45, 7) is 2.38. The summed E-state index contributed by atoms with van der Waals surface area (Å²) in [6, 6.07) is 0.653. The average molecular weight is 496 g/mol. The second-order valence-corrected chi connectivity index (χ2v) is 8.36. The molecule has 194 valence electrons. The summed E-state index contributed by atoms with van der Waals surface area (Å²) < 4.78 is 0. The van der Waals surface area contributed by atoms with Crippen molar-refractivity contribution in [3.8, 4) is 5.75 Å². The molecular weight excluding hydrogens is 462 g/mol. The maximum absolute atomic E-state index is 12.9. The fourth-order valence-electron chi connectivity index (χ4n) is 3.02. The van der Waals surface area contributed by atoms with E-state index in [1.54, 1.807) is 13.8 Å². The first-order chi connectivity index (χ1) is 16.3. The molecule has 0 heterocycles. The normalized spacial score (nSPS) is 14.3. The van der Waals surface area contributed by atoms with Gasteiger partial charge in [0.25, 0.3) is 0 Å². The van der Waals surface area contributed by atoms with Crippen LogP contribution >= 0.6 is 0 Å². The fourth-order valence-corrected chi connectivity index (χ4v) is 3.02. The molecule has 4 amide bonds. The number of carbonyl (C=O) groups excluding carboxylic acids is 4. The third-order valence-corrected chi connectivity index (χ3v) is 5.09. The number of benzene rings is 1. The van der Waals surface area contributed by atoms with Crippen molar-refractivity contribution in [2.24, 2.45) is 17.4 Å². The quantitative estimate of drug-likeness (QED) is 0.138. The Morgan fingerprint density at radius 1 is 0.914 bits per heavy atom. The van der Waals surface area contributed by atoms with Crippen LogP contribution < -0.4 is 27.4 Å². The molecule has 0 bridgehead atoms. The van der Waals surface area contributed by atoms with Gasteiger partial charge in [-0.05, 0) is 30.0 Å². The number of primary amides is 1. The summed E-state index contributed by atoms with van der Waals surface area (Å²) in [5.41, 5.74) is 11.2. The minimum atomic E-state index is -1.47. The number of aliphatic hydroxyl groups is 1. The van der Waals surface area contributed by atoms with Crippen molar-refractivity contribution in [1.82, 2.24) is 16.0 Å². The summed E-state index contributed by atoms with van der Waals surface area (Å²) in [7, 11) is 0. The Morgan fingerprint density at radius 3 is 1.94 bits per heavy atom. The molecular formula is C22H33N5O8. The number of carboxylic acid groups (broad SMARTS) is 1. The number of hydrogen-bond acceptors (Lipinski definition) is 8. The van der Waals surface area contributed by atoms with Crippen molar-refractivity contribution < 1.29 is 39.3 Å². The minimum absolute atomic E-state index is 0.0136. The summed E-state index contributed by atoms with van der Waals surface area (Å²) in [5, 5.41) is 35.5. The van der Waals surface area contributed by atoms with Crippen LogP contribution in [0.2, 0.25) is 0 Å². The number of aliphatic carboxylic acids is 1. The lowest BCUT2D eigenvalue weighted by Gasteiger charge is -2.25. The summed E-state index contributed by atoms with van der Waals surface area (Å²) in [5.74, 6) is -4.91. The van der Waals surface area contributed by atoms with Gasteiger partial charge in [-0.2, -0.15) is 0 Å². The van der Waals surface area contributed by atoms with Crippen molar-refractivity contribution in [2.75, 3.05) is 6.61 Å². The molecule has 1 aromatic rings. The molecule has 0 aliphatic carbocycles. The van der Waals surface area contributed by atoms with Crippen LogP contribution in [0.3, 0.4) is 0 Å². The molecule has 0 saturated carbocycles. The molecule has 0 aliphatic rings. The Hall–Kier alpha value is -3.71. The topological polar surface area (TPSA) is 234 Å². The highest BCUT2D eigenvalue weighted by Gasteiger charge is 2.31. The summed E-state index contributed by atoms with van der Waals surface area (Å²) in [6.07, 6.45) is -0.300. The van der Waals surface area contributed by atoms with Crippen LogP contribution in [-0.4, -0.2) is 75.7 Å². The van der Waals surface area contributed by atoms with Crippen LogP contribution in [0.1, 0.15) is 32.3 Å². The number of carbonyl (C=O) groups is 5. The molecule has 4 atom stereocenters. The summed E-state index contributed by atoms with van der Waals surface area (Å²) >= 11 is 0. The average Bonchev–Trinajstić information content (AvgIpc) is 2.79. The van der Waals surface area contributed by atoms with Gasteiger partial charge in [-0.1, -0.05) is 26.0 Å². The molecule has 13 heteroatoms. The Kier molecular flexibility index (Phi) is 11.6. The van der Waals surface area contributed by atoms with E-state index in [1.165, 1.54) is 24.3 Å². The van der Waals surface area contributed by atoms with Crippen LogP contribution in [0.25, 0.3) is 0 Å². The molecule has 0 aromatic heterocycles. The van der Waals surface area contributed by atoms with Gasteiger partial charge < -0.3 is 42.7 Å². The molecule has 35 heavy (non-hydrogen) atoms. The largest absolute Gasteiger partial charge is 0.508 e. The van der Waals surface area contributed by atoms with Gasteiger partial charge in [0.15, 0.2) is 0 Å². The predicted octanol–water partition coefficient (Wildman–Crippen LogP) is -2.29. The maximum Gasteiger partial charge on any atom is 0.326 e. The number of amides is 4. The lowest BCUT2D eigenvalue weighted by molar-refractivity contribution is -0.143. The number of phenolic OH excluding ortho intramolecular Hbond substituents is 1. The van der Waals surface area contributed by atoms with E-state index in [0.717, 1.165) is 0 Å². The highest BCUT2D eigenvalue weighted by molar-refractivity contribution is 5.94. The number of rotatable bonds is 14. The Balaban J connectivity index is 3.01. The third kappa shape index (κ3) is 9.98. The SMILES string of the molecule is CC(C)C(NC(=O)C(Cc1ccc(O)cc1)NC(=O)C(CO)NC(=O)C(N)CCC(N)=O)C(=O)O. The number of aliphatic hydroxyl groups excluding tert-OH is 1. The number of nitrogens with one attached hydrogen (secondary N) is 3. The Labute approximate surface area is 202 Å². The van der Waals surface area contributed by atoms with Gasteiger partial charge in [0.2, 0.25) is 23.6 Å². The van der Waals surface area contributed by atoms with E-state index >= 15 is 0 Å². The van der Waals surface area contributed by atoms with Gasteiger partial charge in [-0.3, -0.25) is 19.2 Å². The number of phenols is 1. The van der Waals surface area contributed by atoms with Crippen LogP contribution in [0.5, 0.6) is 5.75 Å². The number of nitrogens with two attached hydrogens (primary N) is 2. The zero-order valence-corrected chi connectivity index (χ0v) is 19.6. The highest BCUT2D eigenvalue weighted by Crippen LogP contribution is 2.12. The molecule has 4 unspecified atom stereocenters. The lowest BCUT2D eigenvalue weighted by atomic mass is 10.0. The van der Waals surface area contributed by atoms with E-state index < -0.39 is 66.3 Å². The first kappa shape index (κ1) is 29.3. The molecule has 0 fully saturated rings. The number of carboxylic acids is 1. The molecule has 10 N–H and O–H groups in total. The van der Waals surface area contributed by atoms with Crippen LogP contribution in [0.15, 0.2) is 24.3 Å². The van der Waals surface area contributed by atoms with Gasteiger partial charge >= 0.3 is 5.97 Å².